The molecule has 0 aliphatic carbocycles. The Morgan fingerprint density at radius 2 is 1.86 bits per heavy atom. The molecular weight excluding hydrogens is 562 g/mol. The van der Waals surface area contributed by atoms with Crippen molar-refractivity contribution in [2.45, 2.75) is 82.7 Å². The van der Waals surface area contributed by atoms with Gasteiger partial charge in [0.15, 0.2) is 0 Å². The number of hydrogen-bond donors (Lipinski definition) is 2. The lowest BCUT2D eigenvalue weighted by Crippen LogP contribution is -2.58. The van der Waals surface area contributed by atoms with Crippen LogP contribution in [0, 0.1) is 17.8 Å². The maximum Gasteiger partial charge on any atom is 0.306 e. The molecule has 0 saturated carbocycles. The zero-order valence-corrected chi connectivity index (χ0v) is 25.9. The first-order chi connectivity index (χ1) is 21.2. The molecule has 0 unspecified atom stereocenters. The van der Waals surface area contributed by atoms with Crippen LogP contribution in [0.1, 0.15) is 64.5 Å². The number of aliphatic hydroxyl groups excluding tert-OH is 1. The number of aliphatic hydroxyl groups is 1. The number of nitrogens with one attached hydrogen (secondary N) is 1. The topological polar surface area (TPSA) is 125 Å². The predicted octanol–water partition coefficient (Wildman–Crippen LogP) is 2.92. The number of esters is 1. The Kier molecular flexibility index (Phi) is 9.90. The molecule has 5 bridgehead atoms. The van der Waals surface area contributed by atoms with Crippen LogP contribution in [0.4, 0.5) is 0 Å². The van der Waals surface area contributed by atoms with E-state index in [1.165, 1.54) is 4.90 Å². The Morgan fingerprint density at radius 3 is 2.57 bits per heavy atom. The van der Waals surface area contributed by atoms with Crippen molar-refractivity contribution < 1.29 is 33.8 Å². The van der Waals surface area contributed by atoms with Crippen LogP contribution in [-0.2, 0) is 28.7 Å². The molecule has 1 aromatic carbocycles. The van der Waals surface area contributed by atoms with E-state index in [9.17, 15) is 24.3 Å². The molecule has 0 aromatic heterocycles. The van der Waals surface area contributed by atoms with Gasteiger partial charge in [-0.1, -0.05) is 81.8 Å². The van der Waals surface area contributed by atoms with Gasteiger partial charge < -0.3 is 29.7 Å². The number of nitrogens with zero attached hydrogens (tertiary/aromatic N) is 2. The maximum absolute atomic E-state index is 14.6. The van der Waals surface area contributed by atoms with Crippen molar-refractivity contribution in [1.29, 1.82) is 0 Å². The van der Waals surface area contributed by atoms with Crippen molar-refractivity contribution in [3.8, 4) is 0 Å². The summed E-state index contributed by atoms with van der Waals surface area (Å²) in [6, 6.07) is 6.98. The summed E-state index contributed by atoms with van der Waals surface area (Å²) in [5, 5.41) is 13.6. The van der Waals surface area contributed by atoms with Gasteiger partial charge in [-0.2, -0.15) is 0 Å². The number of allylic oxidation sites excluding steroid dienone is 1. The van der Waals surface area contributed by atoms with E-state index in [0.29, 0.717) is 25.9 Å². The van der Waals surface area contributed by atoms with Crippen LogP contribution in [0.5, 0.6) is 0 Å². The first-order valence-corrected chi connectivity index (χ1v) is 16.0. The molecule has 4 aliphatic rings. The molecule has 44 heavy (non-hydrogen) atoms. The SMILES string of the molecule is CCCCN1C/C=C\CCC(=O)OC[C@H](c2ccccc2)NC(=O)[C@@H]2[C@H]3C(=O)N([C@@H](CO)CC(C)C)[C@H](C1=O)[C@]31C=C[C@H]2O1. The van der Waals surface area contributed by atoms with Gasteiger partial charge in [0.2, 0.25) is 17.7 Å². The van der Waals surface area contributed by atoms with E-state index < -0.39 is 47.6 Å². The highest BCUT2D eigenvalue weighted by molar-refractivity contribution is 6.00. The van der Waals surface area contributed by atoms with Gasteiger partial charge in [0.1, 0.15) is 18.2 Å². The number of hydrogen-bond acceptors (Lipinski definition) is 7. The van der Waals surface area contributed by atoms with Crippen molar-refractivity contribution >= 4 is 23.7 Å². The zero-order chi connectivity index (χ0) is 31.4. The van der Waals surface area contributed by atoms with Gasteiger partial charge in [0.25, 0.3) is 0 Å². The molecule has 3 amide bonds. The largest absolute Gasteiger partial charge is 0.463 e. The molecular formula is C34H45N3O7. The number of carbonyl (C=O) groups is 4. The van der Waals surface area contributed by atoms with Gasteiger partial charge in [-0.05, 0) is 30.7 Å². The maximum atomic E-state index is 14.6. The monoisotopic (exact) mass is 607 g/mol. The number of cyclic esters (lactones) is 1. The van der Waals surface area contributed by atoms with E-state index in [1.54, 1.807) is 17.1 Å². The number of likely N-dealkylation sites (tertiary alicyclic amines) is 1. The summed E-state index contributed by atoms with van der Waals surface area (Å²) in [5.41, 5.74) is -0.570. The summed E-state index contributed by atoms with van der Waals surface area (Å²) in [6.07, 6.45) is 9.37. The number of carbonyl (C=O) groups excluding carboxylic acids is 4. The minimum Gasteiger partial charge on any atom is -0.463 e. The normalized spacial score (nSPS) is 32.2. The molecule has 4 heterocycles. The van der Waals surface area contributed by atoms with E-state index in [1.807, 2.05) is 63.3 Å². The highest BCUT2D eigenvalue weighted by atomic mass is 16.5. The quantitative estimate of drug-likeness (QED) is 0.344. The molecule has 2 fully saturated rings. The summed E-state index contributed by atoms with van der Waals surface area (Å²) in [6.45, 7) is 6.48. The van der Waals surface area contributed by atoms with Crippen LogP contribution in [0.15, 0.2) is 54.6 Å². The number of ether oxygens (including phenoxy) is 2. The Labute approximate surface area is 259 Å². The first kappa shape index (κ1) is 31.9. The van der Waals surface area contributed by atoms with Crippen molar-refractivity contribution in [2.24, 2.45) is 17.8 Å². The standard InChI is InChI=1S/C34H45N3O7/c1-4-5-17-36-18-11-7-10-14-27(39)43-21-25(23-12-8-6-9-13-23)35-31(40)28-26-15-16-34(44-26)29(28)32(41)37(30(34)33(36)42)24(20-38)19-22(2)3/h6-9,11-13,15-16,22,24-26,28-30,38H,4-5,10,14,17-21H2,1-3H3,(H,35,40)/b11-7-/t24-,25-,26-,28+,29+,30-,34+/m1/s1. The molecule has 0 radical (unpaired) electrons. The second kappa shape index (κ2) is 13.6. The molecule has 4 aliphatic heterocycles. The molecule has 10 heteroatoms. The zero-order valence-electron chi connectivity index (χ0n) is 25.9. The lowest BCUT2D eigenvalue weighted by atomic mass is 9.74. The smallest absolute Gasteiger partial charge is 0.306 e. The van der Waals surface area contributed by atoms with E-state index >= 15 is 0 Å². The third kappa shape index (κ3) is 6.06. The van der Waals surface area contributed by atoms with Crippen LogP contribution >= 0.6 is 0 Å². The Hall–Kier alpha value is -3.50. The van der Waals surface area contributed by atoms with Crippen LogP contribution in [0.2, 0.25) is 0 Å². The summed E-state index contributed by atoms with van der Waals surface area (Å²) >= 11 is 0. The van der Waals surface area contributed by atoms with Crippen LogP contribution in [0.25, 0.3) is 0 Å². The molecule has 2 saturated heterocycles. The lowest BCUT2D eigenvalue weighted by molar-refractivity contribution is -0.151. The molecule has 1 aromatic rings. The van der Waals surface area contributed by atoms with E-state index in [4.69, 9.17) is 9.47 Å². The predicted molar refractivity (Wildman–Crippen MR) is 163 cm³/mol. The fourth-order valence-electron chi connectivity index (χ4n) is 7.16. The second-order valence-electron chi connectivity index (χ2n) is 12.7. The fraction of sp³-hybridized carbons (Fsp3) is 0.588. The summed E-state index contributed by atoms with van der Waals surface area (Å²) in [5.74, 6) is -3.10. The van der Waals surface area contributed by atoms with Gasteiger partial charge in [-0.15, -0.1) is 0 Å². The summed E-state index contributed by atoms with van der Waals surface area (Å²) < 4.78 is 12.1. The third-order valence-electron chi connectivity index (χ3n) is 9.23. The van der Waals surface area contributed by atoms with Crippen molar-refractivity contribution in [2.75, 3.05) is 26.3 Å². The number of fused-ring (bicyclic) bond motifs is 2. The van der Waals surface area contributed by atoms with Crippen molar-refractivity contribution in [3.63, 3.8) is 0 Å². The average molecular weight is 608 g/mol. The average Bonchev–Trinajstić information content (AvgIpc) is 3.66. The lowest BCUT2D eigenvalue weighted by Gasteiger charge is -2.39. The fourth-order valence-corrected chi connectivity index (χ4v) is 7.16. The van der Waals surface area contributed by atoms with Crippen LogP contribution in [-0.4, -0.2) is 88.7 Å². The Morgan fingerprint density at radius 1 is 1.09 bits per heavy atom. The van der Waals surface area contributed by atoms with Gasteiger partial charge >= 0.3 is 5.97 Å². The van der Waals surface area contributed by atoms with Crippen LogP contribution < -0.4 is 5.32 Å². The highest BCUT2D eigenvalue weighted by Crippen LogP contribution is 2.56. The third-order valence-corrected chi connectivity index (χ3v) is 9.23. The first-order valence-electron chi connectivity index (χ1n) is 16.0. The van der Waals surface area contributed by atoms with Gasteiger partial charge in [0, 0.05) is 19.5 Å². The van der Waals surface area contributed by atoms with Crippen molar-refractivity contribution in [3.05, 3.63) is 60.2 Å². The van der Waals surface area contributed by atoms with Crippen molar-refractivity contribution in [1.82, 2.24) is 15.1 Å². The highest BCUT2D eigenvalue weighted by Gasteiger charge is 2.73. The summed E-state index contributed by atoms with van der Waals surface area (Å²) in [4.78, 5) is 59.0. The number of rotatable bonds is 8. The van der Waals surface area contributed by atoms with Gasteiger partial charge in [-0.3, -0.25) is 19.2 Å². The van der Waals surface area contributed by atoms with E-state index in [0.717, 1.165) is 18.4 Å². The summed E-state index contributed by atoms with van der Waals surface area (Å²) in [7, 11) is 0. The molecule has 2 N–H and O–H groups in total. The molecule has 1 spiro atoms. The molecule has 5 rings (SSSR count). The second-order valence-corrected chi connectivity index (χ2v) is 12.7. The minimum atomic E-state index is -1.33. The van der Waals surface area contributed by atoms with Gasteiger partial charge in [-0.25, -0.2) is 0 Å². The number of unbranched alkanes of at least 4 members (excludes halogenated alkanes) is 1. The number of amides is 3. The van der Waals surface area contributed by atoms with Gasteiger partial charge in [0.05, 0.1) is 36.6 Å². The Bertz CT molecular complexity index is 1280. The van der Waals surface area contributed by atoms with E-state index in [2.05, 4.69) is 5.32 Å². The molecule has 238 valence electrons. The number of benzene rings is 1. The minimum absolute atomic E-state index is 0.0604. The van der Waals surface area contributed by atoms with Crippen LogP contribution in [0.3, 0.4) is 0 Å². The van der Waals surface area contributed by atoms with E-state index in [-0.39, 0.29) is 43.3 Å². The molecule has 7 atom stereocenters. The molecule has 10 nitrogen and oxygen atoms in total. The Balaban J connectivity index is 1.58.